The van der Waals surface area contributed by atoms with Crippen molar-refractivity contribution in [1.82, 2.24) is 5.32 Å². The second-order valence-electron chi connectivity index (χ2n) is 3.19. The van der Waals surface area contributed by atoms with Gasteiger partial charge in [0.05, 0.1) is 5.92 Å². The molecule has 0 saturated carbocycles. The summed E-state index contributed by atoms with van der Waals surface area (Å²) in [6, 6.07) is 9.33. The standard InChI is InChI=1S/C11H15NO2/c1-12-8-7-10(11(13)14)9-5-3-2-4-6-9/h2-6,10,12H,7-8H2,1H3,(H,13,14)/t10-/m0/s1. The SMILES string of the molecule is CNCC[C@H](C(=O)O)c1ccccc1. The molecule has 0 aliphatic rings. The number of hydrogen-bond donors (Lipinski definition) is 2. The van der Waals surface area contributed by atoms with Crippen LogP contribution in [-0.2, 0) is 4.79 Å². The molecule has 0 aliphatic heterocycles. The Hall–Kier alpha value is -1.35. The minimum atomic E-state index is -0.758. The van der Waals surface area contributed by atoms with Crippen LogP contribution in [0, 0.1) is 0 Å². The van der Waals surface area contributed by atoms with Crippen LogP contribution in [0.4, 0.5) is 0 Å². The van der Waals surface area contributed by atoms with Crippen LogP contribution in [0.5, 0.6) is 0 Å². The summed E-state index contributed by atoms with van der Waals surface area (Å²) < 4.78 is 0. The molecule has 1 rings (SSSR count). The van der Waals surface area contributed by atoms with Crippen LogP contribution in [0.1, 0.15) is 17.9 Å². The summed E-state index contributed by atoms with van der Waals surface area (Å²) in [7, 11) is 1.82. The zero-order valence-corrected chi connectivity index (χ0v) is 8.23. The van der Waals surface area contributed by atoms with Crippen LogP contribution in [0.25, 0.3) is 0 Å². The molecular formula is C11H15NO2. The second kappa shape index (κ2) is 5.40. The lowest BCUT2D eigenvalue weighted by atomic mass is 9.96. The van der Waals surface area contributed by atoms with E-state index in [2.05, 4.69) is 5.32 Å². The van der Waals surface area contributed by atoms with Crippen molar-refractivity contribution in [2.45, 2.75) is 12.3 Å². The Kier molecular flexibility index (Phi) is 4.13. The Morgan fingerprint density at radius 1 is 1.43 bits per heavy atom. The fourth-order valence-electron chi connectivity index (χ4n) is 1.41. The number of benzene rings is 1. The molecule has 1 aromatic carbocycles. The molecule has 1 atom stereocenters. The maximum atomic E-state index is 11.0. The van der Waals surface area contributed by atoms with E-state index in [0.717, 1.165) is 5.56 Å². The molecule has 0 saturated heterocycles. The third kappa shape index (κ3) is 2.85. The number of carboxylic acids is 1. The molecule has 2 N–H and O–H groups in total. The molecule has 3 heteroatoms. The van der Waals surface area contributed by atoms with Crippen molar-refractivity contribution in [3.8, 4) is 0 Å². The molecule has 0 aliphatic carbocycles. The summed E-state index contributed by atoms with van der Waals surface area (Å²) >= 11 is 0. The zero-order chi connectivity index (χ0) is 10.4. The van der Waals surface area contributed by atoms with Crippen molar-refractivity contribution in [3.05, 3.63) is 35.9 Å². The van der Waals surface area contributed by atoms with E-state index in [1.54, 1.807) is 0 Å². The molecule has 0 unspecified atom stereocenters. The Labute approximate surface area is 83.8 Å². The van der Waals surface area contributed by atoms with Gasteiger partial charge < -0.3 is 10.4 Å². The minimum Gasteiger partial charge on any atom is -0.481 e. The van der Waals surface area contributed by atoms with Gasteiger partial charge in [-0.3, -0.25) is 4.79 Å². The van der Waals surface area contributed by atoms with Gasteiger partial charge in [-0.05, 0) is 25.6 Å². The molecule has 3 nitrogen and oxygen atoms in total. The van der Waals surface area contributed by atoms with E-state index in [9.17, 15) is 4.79 Å². The maximum absolute atomic E-state index is 11.0. The van der Waals surface area contributed by atoms with Gasteiger partial charge in [-0.2, -0.15) is 0 Å². The van der Waals surface area contributed by atoms with Crippen molar-refractivity contribution in [2.24, 2.45) is 0 Å². The van der Waals surface area contributed by atoms with E-state index in [-0.39, 0.29) is 0 Å². The van der Waals surface area contributed by atoms with Crippen molar-refractivity contribution < 1.29 is 9.90 Å². The number of carboxylic acid groups (broad SMARTS) is 1. The average Bonchev–Trinajstić information content (AvgIpc) is 2.19. The number of rotatable bonds is 5. The fraction of sp³-hybridized carbons (Fsp3) is 0.364. The van der Waals surface area contributed by atoms with Gasteiger partial charge in [-0.25, -0.2) is 0 Å². The van der Waals surface area contributed by atoms with Crippen LogP contribution >= 0.6 is 0 Å². The monoisotopic (exact) mass is 193 g/mol. The van der Waals surface area contributed by atoms with Crippen molar-refractivity contribution in [3.63, 3.8) is 0 Å². The molecule has 0 heterocycles. The molecule has 0 spiro atoms. The summed E-state index contributed by atoms with van der Waals surface area (Å²) in [5.74, 6) is -1.16. The zero-order valence-electron chi connectivity index (χ0n) is 8.23. The van der Waals surface area contributed by atoms with Gasteiger partial charge in [-0.15, -0.1) is 0 Å². The Balaban J connectivity index is 2.73. The number of hydrogen-bond acceptors (Lipinski definition) is 2. The first-order chi connectivity index (χ1) is 6.75. The first-order valence-corrected chi connectivity index (χ1v) is 4.68. The van der Waals surface area contributed by atoms with Gasteiger partial charge in [-0.1, -0.05) is 30.3 Å². The van der Waals surface area contributed by atoms with Crippen LogP contribution in [0.3, 0.4) is 0 Å². The van der Waals surface area contributed by atoms with Gasteiger partial charge in [0.25, 0.3) is 0 Å². The van der Waals surface area contributed by atoms with Crippen molar-refractivity contribution in [1.29, 1.82) is 0 Å². The predicted molar refractivity (Wildman–Crippen MR) is 55.4 cm³/mol. The highest BCUT2D eigenvalue weighted by Gasteiger charge is 2.18. The van der Waals surface area contributed by atoms with Gasteiger partial charge in [0.15, 0.2) is 0 Å². The van der Waals surface area contributed by atoms with Gasteiger partial charge >= 0.3 is 5.97 Å². The first-order valence-electron chi connectivity index (χ1n) is 4.68. The van der Waals surface area contributed by atoms with E-state index in [1.807, 2.05) is 37.4 Å². The summed E-state index contributed by atoms with van der Waals surface area (Å²) in [6.07, 6.45) is 0.621. The van der Waals surface area contributed by atoms with Crippen molar-refractivity contribution in [2.75, 3.05) is 13.6 Å². The molecule has 76 valence electrons. The second-order valence-corrected chi connectivity index (χ2v) is 3.19. The van der Waals surface area contributed by atoms with E-state index in [4.69, 9.17) is 5.11 Å². The molecular weight excluding hydrogens is 178 g/mol. The topological polar surface area (TPSA) is 49.3 Å². The molecule has 14 heavy (non-hydrogen) atoms. The van der Waals surface area contributed by atoms with Gasteiger partial charge in [0, 0.05) is 0 Å². The summed E-state index contributed by atoms with van der Waals surface area (Å²) in [4.78, 5) is 11.0. The smallest absolute Gasteiger partial charge is 0.311 e. The summed E-state index contributed by atoms with van der Waals surface area (Å²) in [6.45, 7) is 0.714. The molecule has 0 aromatic heterocycles. The van der Waals surface area contributed by atoms with Crippen LogP contribution in [0.15, 0.2) is 30.3 Å². The third-order valence-electron chi connectivity index (χ3n) is 2.18. The Bertz CT molecular complexity index is 285. The lowest BCUT2D eigenvalue weighted by molar-refractivity contribution is -0.138. The molecule has 0 amide bonds. The molecule has 0 bridgehead atoms. The van der Waals surface area contributed by atoms with E-state index in [0.29, 0.717) is 13.0 Å². The number of aliphatic carboxylic acids is 1. The van der Waals surface area contributed by atoms with E-state index >= 15 is 0 Å². The van der Waals surface area contributed by atoms with Crippen LogP contribution < -0.4 is 5.32 Å². The predicted octanol–water partition coefficient (Wildman–Crippen LogP) is 1.46. The minimum absolute atomic E-state index is 0.399. The van der Waals surface area contributed by atoms with Gasteiger partial charge in [0.1, 0.15) is 0 Å². The van der Waals surface area contributed by atoms with E-state index < -0.39 is 11.9 Å². The fourth-order valence-corrected chi connectivity index (χ4v) is 1.41. The highest BCUT2D eigenvalue weighted by atomic mass is 16.4. The van der Waals surface area contributed by atoms with Gasteiger partial charge in [0.2, 0.25) is 0 Å². The Morgan fingerprint density at radius 2 is 2.07 bits per heavy atom. The first kappa shape index (κ1) is 10.7. The van der Waals surface area contributed by atoms with Crippen LogP contribution in [-0.4, -0.2) is 24.7 Å². The lowest BCUT2D eigenvalue weighted by Crippen LogP contribution is -2.18. The number of carbonyl (C=O) groups is 1. The van der Waals surface area contributed by atoms with Crippen LogP contribution in [0.2, 0.25) is 0 Å². The summed E-state index contributed by atoms with van der Waals surface area (Å²) in [5.41, 5.74) is 0.871. The molecule has 1 aromatic rings. The van der Waals surface area contributed by atoms with E-state index in [1.165, 1.54) is 0 Å². The molecule has 0 radical (unpaired) electrons. The third-order valence-corrected chi connectivity index (χ3v) is 2.18. The highest BCUT2D eigenvalue weighted by Crippen LogP contribution is 2.18. The number of nitrogens with one attached hydrogen (secondary N) is 1. The normalized spacial score (nSPS) is 12.4. The molecule has 0 fully saturated rings. The van der Waals surface area contributed by atoms with Crippen molar-refractivity contribution >= 4 is 5.97 Å². The lowest BCUT2D eigenvalue weighted by Gasteiger charge is -2.11. The average molecular weight is 193 g/mol. The Morgan fingerprint density at radius 3 is 2.57 bits per heavy atom. The maximum Gasteiger partial charge on any atom is 0.311 e. The summed E-state index contributed by atoms with van der Waals surface area (Å²) in [5, 5.41) is 12.0. The largest absolute Gasteiger partial charge is 0.481 e. The quantitative estimate of drug-likeness (QED) is 0.744. The highest BCUT2D eigenvalue weighted by molar-refractivity contribution is 5.76.